The van der Waals surface area contributed by atoms with E-state index in [9.17, 15) is 0 Å². The molecule has 0 atom stereocenters. The molecule has 3 N–H and O–H groups in total. The summed E-state index contributed by atoms with van der Waals surface area (Å²) in [6.07, 6.45) is 2.27. The van der Waals surface area contributed by atoms with Crippen molar-refractivity contribution in [3.05, 3.63) is 35.5 Å². The lowest BCUT2D eigenvalue weighted by Gasteiger charge is -2.11. The molecule has 2 aromatic rings. The molecular formula is C16H25N3. The highest BCUT2D eigenvalue weighted by Crippen LogP contribution is 2.27. The van der Waals surface area contributed by atoms with Crippen LogP contribution in [0.15, 0.2) is 24.4 Å². The SMILES string of the molecule is CC(C)NCc1cn(C(C)C)c2c(CN)cccc12. The fraction of sp³-hybridized carbons (Fsp3) is 0.500. The van der Waals surface area contributed by atoms with Gasteiger partial charge < -0.3 is 15.6 Å². The maximum Gasteiger partial charge on any atom is 0.0531 e. The summed E-state index contributed by atoms with van der Waals surface area (Å²) in [6.45, 7) is 10.3. The van der Waals surface area contributed by atoms with Crippen LogP contribution in [-0.2, 0) is 13.1 Å². The zero-order chi connectivity index (χ0) is 14.0. The first-order valence-corrected chi connectivity index (χ1v) is 7.09. The minimum Gasteiger partial charge on any atom is -0.344 e. The van der Waals surface area contributed by atoms with Gasteiger partial charge in [0.1, 0.15) is 0 Å². The smallest absolute Gasteiger partial charge is 0.0531 e. The average Bonchev–Trinajstić information content (AvgIpc) is 2.75. The lowest BCUT2D eigenvalue weighted by atomic mass is 10.1. The van der Waals surface area contributed by atoms with Gasteiger partial charge in [-0.05, 0) is 25.0 Å². The maximum absolute atomic E-state index is 5.89. The number of fused-ring (bicyclic) bond motifs is 1. The van der Waals surface area contributed by atoms with Gasteiger partial charge in [-0.2, -0.15) is 0 Å². The number of nitrogens with two attached hydrogens (primary N) is 1. The van der Waals surface area contributed by atoms with Crippen LogP contribution in [0.1, 0.15) is 44.9 Å². The molecule has 0 saturated carbocycles. The van der Waals surface area contributed by atoms with Gasteiger partial charge in [0, 0.05) is 36.8 Å². The molecule has 19 heavy (non-hydrogen) atoms. The van der Waals surface area contributed by atoms with Crippen LogP contribution in [-0.4, -0.2) is 10.6 Å². The summed E-state index contributed by atoms with van der Waals surface area (Å²) in [7, 11) is 0. The molecule has 0 saturated heterocycles. The van der Waals surface area contributed by atoms with Crippen LogP contribution in [0.25, 0.3) is 10.9 Å². The van der Waals surface area contributed by atoms with Crippen molar-refractivity contribution in [2.45, 2.75) is 52.9 Å². The molecule has 0 aliphatic heterocycles. The average molecular weight is 259 g/mol. The zero-order valence-corrected chi connectivity index (χ0v) is 12.4. The van der Waals surface area contributed by atoms with E-state index in [1.165, 1.54) is 22.0 Å². The van der Waals surface area contributed by atoms with Crippen LogP contribution >= 0.6 is 0 Å². The van der Waals surface area contributed by atoms with Crippen molar-refractivity contribution in [2.24, 2.45) is 5.73 Å². The Labute approximate surface area is 115 Å². The molecule has 0 radical (unpaired) electrons. The fourth-order valence-electron chi connectivity index (χ4n) is 2.48. The van der Waals surface area contributed by atoms with E-state index in [1.807, 2.05) is 0 Å². The summed E-state index contributed by atoms with van der Waals surface area (Å²) in [6, 6.07) is 7.37. The Morgan fingerprint density at radius 1 is 1.16 bits per heavy atom. The molecule has 1 aromatic heterocycles. The van der Waals surface area contributed by atoms with Gasteiger partial charge >= 0.3 is 0 Å². The molecule has 2 rings (SSSR count). The normalized spacial score (nSPS) is 11.9. The third-order valence-corrected chi connectivity index (χ3v) is 3.50. The van der Waals surface area contributed by atoms with Gasteiger partial charge in [-0.15, -0.1) is 0 Å². The lowest BCUT2D eigenvalue weighted by molar-refractivity contribution is 0.583. The second-order valence-corrected chi connectivity index (χ2v) is 5.71. The monoisotopic (exact) mass is 259 g/mol. The summed E-state index contributed by atoms with van der Waals surface area (Å²) in [4.78, 5) is 0. The van der Waals surface area contributed by atoms with Gasteiger partial charge in [0.05, 0.1) is 5.52 Å². The molecule has 1 heterocycles. The number of nitrogens with zero attached hydrogens (tertiary/aromatic N) is 1. The van der Waals surface area contributed by atoms with E-state index in [2.05, 4.69) is 62.0 Å². The zero-order valence-electron chi connectivity index (χ0n) is 12.4. The van der Waals surface area contributed by atoms with Crippen molar-refractivity contribution in [2.75, 3.05) is 0 Å². The largest absolute Gasteiger partial charge is 0.344 e. The maximum atomic E-state index is 5.89. The highest BCUT2D eigenvalue weighted by atomic mass is 15.0. The molecule has 0 amide bonds. The van der Waals surface area contributed by atoms with Gasteiger partial charge in [0.25, 0.3) is 0 Å². The third kappa shape index (κ3) is 2.82. The first-order chi connectivity index (χ1) is 9.04. The predicted molar refractivity (Wildman–Crippen MR) is 82.2 cm³/mol. The highest BCUT2D eigenvalue weighted by Gasteiger charge is 2.13. The van der Waals surface area contributed by atoms with Crippen LogP contribution in [0, 0.1) is 0 Å². The van der Waals surface area contributed by atoms with Crippen LogP contribution in [0.2, 0.25) is 0 Å². The first-order valence-electron chi connectivity index (χ1n) is 7.09. The van der Waals surface area contributed by atoms with E-state index in [0.29, 0.717) is 18.6 Å². The quantitative estimate of drug-likeness (QED) is 0.866. The predicted octanol–water partition coefficient (Wildman–Crippen LogP) is 3.18. The van der Waals surface area contributed by atoms with Gasteiger partial charge in [-0.25, -0.2) is 0 Å². The molecule has 3 heteroatoms. The van der Waals surface area contributed by atoms with E-state index in [1.54, 1.807) is 0 Å². The van der Waals surface area contributed by atoms with Crippen molar-refractivity contribution in [1.29, 1.82) is 0 Å². The van der Waals surface area contributed by atoms with Crippen LogP contribution in [0.5, 0.6) is 0 Å². The molecule has 0 unspecified atom stereocenters. The second kappa shape index (κ2) is 5.76. The molecule has 3 nitrogen and oxygen atoms in total. The number of rotatable bonds is 5. The number of hydrogen-bond donors (Lipinski definition) is 2. The molecule has 104 valence electrons. The molecule has 0 bridgehead atoms. The second-order valence-electron chi connectivity index (χ2n) is 5.71. The van der Waals surface area contributed by atoms with Crippen molar-refractivity contribution in [3.63, 3.8) is 0 Å². The molecule has 0 aliphatic carbocycles. The summed E-state index contributed by atoms with van der Waals surface area (Å²) >= 11 is 0. The third-order valence-electron chi connectivity index (χ3n) is 3.50. The standard InChI is InChI=1S/C16H25N3/c1-11(2)18-9-14-10-19(12(3)4)16-13(8-17)6-5-7-15(14)16/h5-7,10-12,18H,8-9,17H2,1-4H3. The first kappa shape index (κ1) is 14.1. The van der Waals surface area contributed by atoms with Gasteiger partial charge in [0.2, 0.25) is 0 Å². The summed E-state index contributed by atoms with van der Waals surface area (Å²) in [5, 5.41) is 4.82. The number of aromatic nitrogens is 1. The van der Waals surface area contributed by atoms with Crippen LogP contribution in [0.3, 0.4) is 0 Å². The van der Waals surface area contributed by atoms with Crippen LogP contribution in [0.4, 0.5) is 0 Å². The lowest BCUT2D eigenvalue weighted by Crippen LogP contribution is -2.21. The van der Waals surface area contributed by atoms with Gasteiger partial charge in [-0.1, -0.05) is 32.0 Å². The summed E-state index contributed by atoms with van der Waals surface area (Å²) in [5.41, 5.74) is 9.76. The van der Waals surface area contributed by atoms with Gasteiger partial charge in [0.15, 0.2) is 0 Å². The molecule has 0 fully saturated rings. The van der Waals surface area contributed by atoms with E-state index in [0.717, 1.165) is 6.54 Å². The molecule has 0 spiro atoms. The van der Waals surface area contributed by atoms with Crippen molar-refractivity contribution >= 4 is 10.9 Å². The Morgan fingerprint density at radius 3 is 2.47 bits per heavy atom. The van der Waals surface area contributed by atoms with Gasteiger partial charge in [-0.3, -0.25) is 0 Å². The number of nitrogens with one attached hydrogen (secondary N) is 1. The molecule has 0 aliphatic rings. The molecule has 1 aromatic carbocycles. The summed E-state index contributed by atoms with van der Waals surface area (Å²) < 4.78 is 2.34. The fourth-order valence-corrected chi connectivity index (χ4v) is 2.48. The highest BCUT2D eigenvalue weighted by molar-refractivity contribution is 5.87. The van der Waals surface area contributed by atoms with E-state index < -0.39 is 0 Å². The van der Waals surface area contributed by atoms with Crippen molar-refractivity contribution in [3.8, 4) is 0 Å². The Morgan fingerprint density at radius 2 is 1.89 bits per heavy atom. The van der Waals surface area contributed by atoms with Crippen molar-refractivity contribution < 1.29 is 0 Å². The van der Waals surface area contributed by atoms with Crippen LogP contribution < -0.4 is 11.1 Å². The topological polar surface area (TPSA) is 43.0 Å². The Bertz CT molecular complexity index is 552. The van der Waals surface area contributed by atoms with E-state index >= 15 is 0 Å². The Hall–Kier alpha value is -1.32. The van der Waals surface area contributed by atoms with E-state index in [-0.39, 0.29) is 0 Å². The number of para-hydroxylation sites is 1. The number of benzene rings is 1. The molecular weight excluding hydrogens is 234 g/mol. The summed E-state index contributed by atoms with van der Waals surface area (Å²) in [5.74, 6) is 0. The minimum atomic E-state index is 0.447. The van der Waals surface area contributed by atoms with Crippen molar-refractivity contribution in [1.82, 2.24) is 9.88 Å². The Balaban J connectivity index is 2.54. The minimum absolute atomic E-state index is 0.447. The van der Waals surface area contributed by atoms with E-state index in [4.69, 9.17) is 5.73 Å². The Kier molecular flexibility index (Phi) is 4.27. The number of hydrogen-bond acceptors (Lipinski definition) is 2.